The minimum absolute atomic E-state index is 0.0537. The SMILES string of the molecule is CNC(=O)CCCCCCCCCCNC(=O)[C@H](CCCCNC(=O)CCCCCCCCCCN)CC(=O)CCCCN=[N+]=[N-]. The Morgan fingerprint density at radius 3 is 1.72 bits per heavy atom. The molecule has 0 saturated carbocycles. The van der Waals surface area contributed by atoms with E-state index in [4.69, 9.17) is 11.3 Å². The molecule has 1 atom stereocenters. The second-order valence-corrected chi connectivity index (χ2v) is 12.6. The topological polar surface area (TPSA) is 179 Å². The molecular weight excluding hydrogens is 582 g/mol. The number of amides is 3. The Morgan fingerprint density at radius 2 is 1.13 bits per heavy atom. The third-order valence-corrected chi connectivity index (χ3v) is 8.44. The highest BCUT2D eigenvalue weighted by Crippen LogP contribution is 2.17. The zero-order chi connectivity index (χ0) is 33.9. The van der Waals surface area contributed by atoms with Crippen LogP contribution >= 0.6 is 0 Å². The molecule has 11 nitrogen and oxygen atoms in total. The molecule has 0 aliphatic rings. The van der Waals surface area contributed by atoms with Gasteiger partial charge in [0.15, 0.2) is 0 Å². The fraction of sp³-hybridized carbons (Fsp3) is 0.886. The van der Waals surface area contributed by atoms with E-state index in [1.807, 2.05) is 0 Å². The smallest absolute Gasteiger partial charge is 0.223 e. The standard InChI is InChI=1S/C35H67N7O4/c1-38-33(44)24-14-10-6-3-5-9-13-19-28-40-35(46)31(30-32(43)23-17-21-29-41-42-37)22-16-20-27-39-34(45)25-15-11-7-2-4-8-12-18-26-36/h31H,2-30,36H2,1H3,(H,38,44)(H,39,45)(H,40,46)/t31-/m1/s1. The summed E-state index contributed by atoms with van der Waals surface area (Å²) in [6, 6.07) is 0. The van der Waals surface area contributed by atoms with Crippen LogP contribution in [0.1, 0.15) is 161 Å². The molecule has 0 spiro atoms. The van der Waals surface area contributed by atoms with Gasteiger partial charge in [0.05, 0.1) is 0 Å². The summed E-state index contributed by atoms with van der Waals surface area (Å²) in [6.45, 7) is 2.37. The number of carbonyl (C=O) groups is 4. The van der Waals surface area contributed by atoms with Crippen LogP contribution in [0, 0.1) is 5.92 Å². The molecule has 3 amide bonds. The zero-order valence-electron chi connectivity index (χ0n) is 29.1. The number of nitrogens with one attached hydrogen (secondary N) is 3. The number of nitrogens with zero attached hydrogens (tertiary/aromatic N) is 3. The molecule has 5 N–H and O–H groups in total. The monoisotopic (exact) mass is 650 g/mol. The summed E-state index contributed by atoms with van der Waals surface area (Å²) in [7, 11) is 1.67. The van der Waals surface area contributed by atoms with E-state index < -0.39 is 0 Å². The molecule has 0 radical (unpaired) electrons. The van der Waals surface area contributed by atoms with Crippen molar-refractivity contribution in [2.24, 2.45) is 16.8 Å². The zero-order valence-corrected chi connectivity index (χ0v) is 29.1. The quantitative estimate of drug-likeness (QED) is 0.0249. The van der Waals surface area contributed by atoms with E-state index in [1.54, 1.807) is 7.05 Å². The van der Waals surface area contributed by atoms with Gasteiger partial charge in [0.1, 0.15) is 5.78 Å². The van der Waals surface area contributed by atoms with Gasteiger partial charge in [0, 0.05) is 63.2 Å². The molecule has 0 aromatic rings. The van der Waals surface area contributed by atoms with Gasteiger partial charge in [-0.05, 0) is 63.4 Å². The Balaban J connectivity index is 4.24. The number of ketones is 1. The molecule has 0 aliphatic heterocycles. The number of hydrogen-bond donors (Lipinski definition) is 4. The fourth-order valence-corrected chi connectivity index (χ4v) is 5.53. The van der Waals surface area contributed by atoms with E-state index in [0.717, 1.165) is 83.6 Å². The van der Waals surface area contributed by atoms with Crippen LogP contribution in [0.5, 0.6) is 0 Å². The summed E-state index contributed by atoms with van der Waals surface area (Å²) in [6.07, 6.45) is 23.1. The summed E-state index contributed by atoms with van der Waals surface area (Å²) in [5.74, 6) is -0.140. The third-order valence-electron chi connectivity index (χ3n) is 8.44. The number of azide groups is 1. The predicted molar refractivity (Wildman–Crippen MR) is 187 cm³/mol. The average molecular weight is 650 g/mol. The molecule has 0 unspecified atom stereocenters. The number of hydrogen-bond acceptors (Lipinski definition) is 6. The molecule has 0 aromatic heterocycles. The van der Waals surface area contributed by atoms with Crippen molar-refractivity contribution in [1.82, 2.24) is 16.0 Å². The maximum absolute atomic E-state index is 13.0. The van der Waals surface area contributed by atoms with Crippen molar-refractivity contribution in [3.63, 3.8) is 0 Å². The molecule has 0 aromatic carbocycles. The summed E-state index contributed by atoms with van der Waals surface area (Å²) in [5.41, 5.74) is 13.9. The van der Waals surface area contributed by atoms with E-state index >= 15 is 0 Å². The van der Waals surface area contributed by atoms with Crippen molar-refractivity contribution in [2.75, 3.05) is 33.2 Å². The first kappa shape index (κ1) is 43.4. The molecule has 0 saturated heterocycles. The number of Topliss-reactive ketones (excluding diaryl/α,β-unsaturated/α-hetero) is 1. The first-order valence-corrected chi connectivity index (χ1v) is 18.4. The molecule has 0 heterocycles. The van der Waals surface area contributed by atoms with Crippen molar-refractivity contribution in [3.05, 3.63) is 10.4 Å². The second-order valence-electron chi connectivity index (χ2n) is 12.6. The maximum atomic E-state index is 13.0. The molecule has 0 fully saturated rings. The van der Waals surface area contributed by atoms with Crippen LogP contribution in [0.25, 0.3) is 10.4 Å². The van der Waals surface area contributed by atoms with Crippen LogP contribution in [-0.4, -0.2) is 56.7 Å². The largest absolute Gasteiger partial charge is 0.359 e. The Kier molecular flexibility index (Phi) is 31.8. The van der Waals surface area contributed by atoms with Gasteiger partial charge < -0.3 is 21.7 Å². The maximum Gasteiger partial charge on any atom is 0.223 e. The summed E-state index contributed by atoms with van der Waals surface area (Å²) < 4.78 is 0. The first-order chi connectivity index (χ1) is 22.4. The van der Waals surface area contributed by atoms with Gasteiger partial charge in [-0.25, -0.2) is 0 Å². The van der Waals surface area contributed by atoms with E-state index in [0.29, 0.717) is 58.2 Å². The highest BCUT2D eigenvalue weighted by Gasteiger charge is 2.21. The Labute approximate surface area is 279 Å². The van der Waals surface area contributed by atoms with Gasteiger partial charge in [-0.1, -0.05) is 88.6 Å². The van der Waals surface area contributed by atoms with Crippen molar-refractivity contribution in [1.29, 1.82) is 0 Å². The average Bonchev–Trinajstić information content (AvgIpc) is 3.05. The summed E-state index contributed by atoms with van der Waals surface area (Å²) >= 11 is 0. The molecule has 266 valence electrons. The predicted octanol–water partition coefficient (Wildman–Crippen LogP) is 7.17. The number of carbonyl (C=O) groups excluding carboxylic acids is 4. The normalized spacial score (nSPS) is 11.4. The van der Waals surface area contributed by atoms with Crippen LogP contribution in [0.3, 0.4) is 0 Å². The fourth-order valence-electron chi connectivity index (χ4n) is 5.53. The Bertz CT molecular complexity index is 834. The van der Waals surface area contributed by atoms with Crippen molar-refractivity contribution < 1.29 is 19.2 Å². The lowest BCUT2D eigenvalue weighted by Gasteiger charge is -2.16. The van der Waals surface area contributed by atoms with E-state index in [1.165, 1.54) is 38.5 Å². The van der Waals surface area contributed by atoms with Crippen LogP contribution < -0.4 is 21.7 Å². The molecular formula is C35H67N7O4. The van der Waals surface area contributed by atoms with Gasteiger partial charge >= 0.3 is 0 Å². The molecule has 0 rings (SSSR count). The van der Waals surface area contributed by atoms with Crippen molar-refractivity contribution in [3.8, 4) is 0 Å². The second kappa shape index (κ2) is 33.7. The van der Waals surface area contributed by atoms with Crippen LogP contribution in [0.2, 0.25) is 0 Å². The molecule has 0 bridgehead atoms. The van der Waals surface area contributed by atoms with Crippen LogP contribution in [0.4, 0.5) is 0 Å². The van der Waals surface area contributed by atoms with Gasteiger partial charge in [0.2, 0.25) is 17.7 Å². The van der Waals surface area contributed by atoms with Crippen molar-refractivity contribution >= 4 is 23.5 Å². The van der Waals surface area contributed by atoms with E-state index in [-0.39, 0.29) is 35.8 Å². The minimum Gasteiger partial charge on any atom is -0.359 e. The minimum atomic E-state index is -0.356. The molecule has 0 aliphatic carbocycles. The van der Waals surface area contributed by atoms with Gasteiger partial charge in [0.25, 0.3) is 0 Å². The third kappa shape index (κ3) is 30.0. The lowest BCUT2D eigenvalue weighted by atomic mass is 9.93. The Morgan fingerprint density at radius 1 is 0.630 bits per heavy atom. The Hall–Kier alpha value is -2.65. The van der Waals surface area contributed by atoms with Gasteiger partial charge in [-0.3, -0.25) is 19.2 Å². The summed E-state index contributed by atoms with van der Waals surface area (Å²) in [5, 5.41) is 12.2. The van der Waals surface area contributed by atoms with Crippen LogP contribution in [0.15, 0.2) is 5.11 Å². The highest BCUT2D eigenvalue weighted by molar-refractivity contribution is 5.86. The van der Waals surface area contributed by atoms with E-state index in [2.05, 4.69) is 26.0 Å². The lowest BCUT2D eigenvalue weighted by molar-refractivity contribution is -0.129. The first-order valence-electron chi connectivity index (χ1n) is 18.4. The van der Waals surface area contributed by atoms with Crippen molar-refractivity contribution in [2.45, 2.75) is 161 Å². The van der Waals surface area contributed by atoms with E-state index in [9.17, 15) is 19.2 Å². The molecule has 11 heteroatoms. The van der Waals surface area contributed by atoms with Crippen LogP contribution in [-0.2, 0) is 19.2 Å². The van der Waals surface area contributed by atoms with Gasteiger partial charge in [-0.15, -0.1) is 0 Å². The highest BCUT2D eigenvalue weighted by atomic mass is 16.2. The number of unbranched alkanes of at least 4 members (excludes halogenated alkanes) is 16. The van der Waals surface area contributed by atoms with Gasteiger partial charge in [-0.2, -0.15) is 0 Å². The number of nitrogens with two attached hydrogens (primary N) is 1. The lowest BCUT2D eigenvalue weighted by Crippen LogP contribution is -2.33. The summed E-state index contributed by atoms with van der Waals surface area (Å²) in [4.78, 5) is 51.8. The number of rotatable bonds is 34. The molecule has 46 heavy (non-hydrogen) atoms.